The van der Waals surface area contributed by atoms with Crippen LogP contribution < -0.4 is 5.73 Å². The molecule has 34 heavy (non-hydrogen) atoms. The Kier molecular flexibility index (Phi) is 6.21. The number of benzene rings is 2. The number of aromatic nitrogens is 2. The number of hydrogen-bond donors (Lipinski definition) is 1. The number of hydrogen-bond acceptors (Lipinski definition) is 5. The summed E-state index contributed by atoms with van der Waals surface area (Å²) < 4.78 is 7.24. The van der Waals surface area contributed by atoms with Gasteiger partial charge in [-0.25, -0.2) is 4.68 Å². The number of fused-ring (bicyclic) bond motifs is 3. The van der Waals surface area contributed by atoms with Crippen LogP contribution in [0.5, 0.6) is 0 Å². The Morgan fingerprint density at radius 3 is 2.74 bits per heavy atom. The summed E-state index contributed by atoms with van der Waals surface area (Å²) >= 11 is 1.71. The van der Waals surface area contributed by atoms with Crippen molar-refractivity contribution in [3.8, 4) is 16.9 Å². The molecule has 2 amide bonds. The van der Waals surface area contributed by atoms with E-state index in [1.165, 1.54) is 0 Å². The molecule has 2 aliphatic rings. The molecule has 3 aromatic rings. The molecule has 0 radical (unpaired) electrons. The number of aliphatic imine (C=N–C) groups is 1. The molecule has 1 saturated heterocycles. The third-order valence-corrected chi connectivity index (χ3v) is 7.03. The van der Waals surface area contributed by atoms with Crippen molar-refractivity contribution < 1.29 is 14.3 Å². The van der Waals surface area contributed by atoms with Crippen LogP contribution in [0.25, 0.3) is 16.9 Å². The fourth-order valence-corrected chi connectivity index (χ4v) is 5.22. The number of amidine groups is 1. The number of thioether (sulfide) groups is 1. The first-order valence-electron chi connectivity index (χ1n) is 11.3. The largest absolute Gasteiger partial charge is 0.383 e. The van der Waals surface area contributed by atoms with Crippen LogP contribution in [0.3, 0.4) is 0 Å². The Bertz CT molecular complexity index is 1290. The number of carbonyl (C=O) groups is 2. The van der Waals surface area contributed by atoms with Gasteiger partial charge in [0, 0.05) is 46.8 Å². The van der Waals surface area contributed by atoms with Gasteiger partial charge in [0.2, 0.25) is 5.91 Å². The lowest BCUT2D eigenvalue weighted by atomic mass is 10.0. The van der Waals surface area contributed by atoms with Crippen molar-refractivity contribution in [2.45, 2.75) is 24.0 Å². The van der Waals surface area contributed by atoms with Crippen molar-refractivity contribution in [2.24, 2.45) is 10.7 Å². The van der Waals surface area contributed by atoms with E-state index < -0.39 is 0 Å². The summed E-state index contributed by atoms with van der Waals surface area (Å²) in [5, 5.41) is 4.84. The third kappa shape index (κ3) is 4.12. The zero-order chi connectivity index (χ0) is 23.7. The molecule has 8 nitrogen and oxygen atoms in total. The van der Waals surface area contributed by atoms with E-state index in [1.54, 1.807) is 23.6 Å². The van der Waals surface area contributed by atoms with E-state index in [0.29, 0.717) is 43.3 Å². The highest BCUT2D eigenvalue weighted by molar-refractivity contribution is 7.98. The minimum atomic E-state index is -0.274. The van der Waals surface area contributed by atoms with Gasteiger partial charge in [-0.15, -0.1) is 11.8 Å². The Hall–Kier alpha value is -3.43. The number of morpholine rings is 1. The van der Waals surface area contributed by atoms with E-state index in [0.717, 1.165) is 27.4 Å². The number of rotatable bonds is 4. The van der Waals surface area contributed by atoms with Gasteiger partial charge in [0.1, 0.15) is 5.84 Å². The van der Waals surface area contributed by atoms with E-state index in [2.05, 4.69) is 17.1 Å². The molecule has 0 saturated carbocycles. The molecule has 174 valence electrons. The first-order chi connectivity index (χ1) is 16.6. The Morgan fingerprint density at radius 1 is 1.15 bits per heavy atom. The van der Waals surface area contributed by atoms with Gasteiger partial charge in [-0.05, 0) is 18.2 Å². The minimum Gasteiger partial charge on any atom is -0.383 e. The van der Waals surface area contributed by atoms with Crippen molar-refractivity contribution in [3.63, 3.8) is 0 Å². The maximum Gasteiger partial charge on any atom is 0.274 e. The molecule has 9 heteroatoms. The highest BCUT2D eigenvalue weighted by atomic mass is 32.2. The quantitative estimate of drug-likeness (QED) is 0.459. The molecule has 2 N–H and O–H groups in total. The summed E-state index contributed by atoms with van der Waals surface area (Å²) in [6.45, 7) is 3.91. The van der Waals surface area contributed by atoms with Crippen LogP contribution in [-0.2, 0) is 15.3 Å². The average Bonchev–Trinajstić information content (AvgIpc) is 3.29. The summed E-state index contributed by atoms with van der Waals surface area (Å²) in [6, 6.07) is 15.6. The van der Waals surface area contributed by atoms with Gasteiger partial charge in [0.25, 0.3) is 5.91 Å². The first kappa shape index (κ1) is 22.4. The van der Waals surface area contributed by atoms with Gasteiger partial charge in [-0.1, -0.05) is 37.3 Å². The van der Waals surface area contributed by atoms with Crippen LogP contribution in [0.15, 0.2) is 58.4 Å². The summed E-state index contributed by atoms with van der Waals surface area (Å²) in [5.74, 6) is 0.467. The summed E-state index contributed by atoms with van der Waals surface area (Å²) in [6.07, 6.45) is 0.286. The van der Waals surface area contributed by atoms with Crippen LogP contribution in [0.1, 0.15) is 35.0 Å². The molecule has 1 aromatic heterocycles. The van der Waals surface area contributed by atoms with Crippen molar-refractivity contribution in [3.05, 3.63) is 65.4 Å². The van der Waals surface area contributed by atoms with E-state index in [-0.39, 0.29) is 24.1 Å². The zero-order valence-electron chi connectivity index (χ0n) is 18.9. The minimum absolute atomic E-state index is 0.0796. The highest BCUT2D eigenvalue weighted by Crippen LogP contribution is 2.43. The molecule has 2 aliphatic heterocycles. The fourth-order valence-electron chi connectivity index (χ4n) is 4.15. The molecule has 3 heterocycles. The molecule has 0 spiro atoms. The molecule has 5 rings (SSSR count). The molecular formula is C25H25N5O3S. The maximum atomic E-state index is 13.5. The molecule has 2 aromatic carbocycles. The van der Waals surface area contributed by atoms with Crippen LogP contribution in [0, 0.1) is 0 Å². The van der Waals surface area contributed by atoms with E-state index >= 15 is 0 Å². The first-order valence-corrected chi connectivity index (χ1v) is 12.2. The third-order valence-electron chi connectivity index (χ3n) is 5.93. The SMILES string of the molecule is CCC(=O)N=C(N)c1cccc(-n2nc(C(=O)N3CCOCC3)c3c2-c2ccccc2SC3)c1. The summed E-state index contributed by atoms with van der Waals surface area (Å²) in [7, 11) is 0. The van der Waals surface area contributed by atoms with Gasteiger partial charge in [0.15, 0.2) is 5.69 Å². The van der Waals surface area contributed by atoms with Crippen LogP contribution >= 0.6 is 11.8 Å². The monoisotopic (exact) mass is 475 g/mol. The predicted molar refractivity (Wildman–Crippen MR) is 131 cm³/mol. The summed E-state index contributed by atoms with van der Waals surface area (Å²) in [4.78, 5) is 32.2. The van der Waals surface area contributed by atoms with E-state index in [4.69, 9.17) is 15.6 Å². The Labute approximate surface area is 201 Å². The number of nitrogens with two attached hydrogens (primary N) is 1. The number of nitrogens with zero attached hydrogens (tertiary/aromatic N) is 4. The van der Waals surface area contributed by atoms with Gasteiger partial charge in [-0.2, -0.15) is 10.1 Å². The standard InChI is InChI=1S/C25H25N5O3S/c1-2-21(31)27-24(26)16-6-5-7-17(14-16)30-23-18-8-3-4-9-20(18)34-15-19(23)22(28-30)25(32)29-10-12-33-13-11-29/h3-9,14H,2,10-13,15H2,1H3,(H2,26,27,31). The van der Waals surface area contributed by atoms with Crippen molar-refractivity contribution in [1.82, 2.24) is 14.7 Å². The highest BCUT2D eigenvalue weighted by Gasteiger charge is 2.31. The van der Waals surface area contributed by atoms with Crippen LogP contribution in [0.2, 0.25) is 0 Å². The second-order valence-electron chi connectivity index (χ2n) is 8.07. The average molecular weight is 476 g/mol. The van der Waals surface area contributed by atoms with Crippen molar-refractivity contribution in [1.29, 1.82) is 0 Å². The Morgan fingerprint density at radius 2 is 1.94 bits per heavy atom. The molecule has 0 aliphatic carbocycles. The molecule has 1 fully saturated rings. The second kappa shape index (κ2) is 9.44. The van der Waals surface area contributed by atoms with Gasteiger partial charge < -0.3 is 15.4 Å². The van der Waals surface area contributed by atoms with Gasteiger partial charge in [0.05, 0.1) is 24.6 Å². The van der Waals surface area contributed by atoms with Crippen molar-refractivity contribution >= 4 is 29.4 Å². The molecule has 0 bridgehead atoms. The van der Waals surface area contributed by atoms with Gasteiger partial charge in [-0.3, -0.25) is 9.59 Å². The van der Waals surface area contributed by atoms with E-state index in [9.17, 15) is 9.59 Å². The van der Waals surface area contributed by atoms with Crippen LogP contribution in [0.4, 0.5) is 0 Å². The van der Waals surface area contributed by atoms with Crippen molar-refractivity contribution in [2.75, 3.05) is 26.3 Å². The number of ether oxygens (including phenoxy) is 1. The lowest BCUT2D eigenvalue weighted by molar-refractivity contribution is -0.117. The normalized spacial score (nSPS) is 15.6. The van der Waals surface area contributed by atoms with E-state index in [1.807, 2.05) is 41.1 Å². The lowest BCUT2D eigenvalue weighted by Crippen LogP contribution is -2.41. The molecular weight excluding hydrogens is 450 g/mol. The number of carbonyl (C=O) groups excluding carboxylic acids is 2. The number of amides is 2. The Balaban J connectivity index is 1.64. The van der Waals surface area contributed by atoms with Crippen LogP contribution in [-0.4, -0.2) is 58.6 Å². The fraction of sp³-hybridized carbons (Fsp3) is 0.280. The molecule has 0 atom stereocenters. The lowest BCUT2D eigenvalue weighted by Gasteiger charge is -2.26. The summed E-state index contributed by atoms with van der Waals surface area (Å²) in [5.41, 5.74) is 10.8. The predicted octanol–water partition coefficient (Wildman–Crippen LogP) is 3.26. The maximum absolute atomic E-state index is 13.5. The zero-order valence-corrected chi connectivity index (χ0v) is 19.7. The smallest absolute Gasteiger partial charge is 0.274 e. The van der Waals surface area contributed by atoms with Gasteiger partial charge >= 0.3 is 0 Å². The second-order valence-corrected chi connectivity index (χ2v) is 9.09. The molecule has 0 unspecified atom stereocenters. The topological polar surface area (TPSA) is 103 Å².